The van der Waals surface area contributed by atoms with E-state index in [0.717, 1.165) is 6.42 Å². The predicted octanol–water partition coefficient (Wildman–Crippen LogP) is 1.59. The smallest absolute Gasteiger partial charge is 0.329 e. The van der Waals surface area contributed by atoms with Crippen molar-refractivity contribution in [3.05, 3.63) is 16.9 Å². The Hall–Kier alpha value is -1.34. The topological polar surface area (TPSA) is 92.2 Å². The van der Waals surface area contributed by atoms with Crippen LogP contribution in [-0.4, -0.2) is 38.7 Å². The minimum atomic E-state index is -1.18. The molecule has 0 saturated heterocycles. The maximum atomic E-state index is 12.1. The van der Waals surface area contributed by atoms with Crippen LogP contribution < -0.4 is 5.32 Å². The summed E-state index contributed by atoms with van der Waals surface area (Å²) in [4.78, 5) is 31.2. The highest BCUT2D eigenvalue weighted by Crippen LogP contribution is 2.32. The van der Waals surface area contributed by atoms with E-state index in [-0.39, 0.29) is 10.7 Å². The predicted molar refractivity (Wildman–Crippen MR) is 70.5 cm³/mol. The highest BCUT2D eigenvalue weighted by Gasteiger charge is 2.46. The van der Waals surface area contributed by atoms with Crippen LogP contribution in [0.3, 0.4) is 0 Å². The maximum absolute atomic E-state index is 12.1. The zero-order chi connectivity index (χ0) is 14.0. The third-order valence-corrected chi connectivity index (χ3v) is 3.93. The molecule has 0 radical (unpaired) electrons. The number of hydrogen-bond acceptors (Lipinski definition) is 5. The van der Waals surface area contributed by atoms with Crippen molar-refractivity contribution in [2.24, 2.45) is 0 Å². The second-order valence-electron chi connectivity index (χ2n) is 4.25. The van der Waals surface area contributed by atoms with Gasteiger partial charge in [0.1, 0.15) is 5.54 Å². The quantitative estimate of drug-likeness (QED) is 0.648. The Morgan fingerprint density at radius 2 is 2.21 bits per heavy atom. The molecule has 0 atom stereocenters. The first-order chi connectivity index (χ1) is 8.98. The first-order valence-electron chi connectivity index (χ1n) is 5.61. The standard InChI is InChI=1S/C11H12ClN3O3S/c1-19-10-13-5-6(12)7(14-10)8(16)15-11(9(17)18)3-2-4-11/h5H,2-4H2,1H3,(H,15,16)(H,17,18). The van der Waals surface area contributed by atoms with Crippen molar-refractivity contribution in [3.8, 4) is 0 Å². The number of aromatic nitrogens is 2. The number of hydrogen-bond donors (Lipinski definition) is 2. The molecule has 2 rings (SSSR count). The molecule has 1 aliphatic carbocycles. The first kappa shape index (κ1) is 14.1. The van der Waals surface area contributed by atoms with E-state index in [4.69, 9.17) is 16.7 Å². The molecule has 8 heteroatoms. The molecule has 1 aliphatic rings. The summed E-state index contributed by atoms with van der Waals surface area (Å²) in [5.41, 5.74) is -1.17. The molecule has 1 aromatic heterocycles. The SMILES string of the molecule is CSc1ncc(Cl)c(C(=O)NC2(C(=O)O)CCC2)n1. The van der Waals surface area contributed by atoms with Crippen molar-refractivity contribution in [3.63, 3.8) is 0 Å². The molecule has 1 fully saturated rings. The van der Waals surface area contributed by atoms with E-state index < -0.39 is 17.4 Å². The van der Waals surface area contributed by atoms with Gasteiger partial charge in [0, 0.05) is 0 Å². The molecule has 0 bridgehead atoms. The van der Waals surface area contributed by atoms with Crippen molar-refractivity contribution in [1.82, 2.24) is 15.3 Å². The van der Waals surface area contributed by atoms with Crippen molar-refractivity contribution in [2.75, 3.05) is 6.26 Å². The van der Waals surface area contributed by atoms with E-state index in [1.54, 1.807) is 6.26 Å². The summed E-state index contributed by atoms with van der Waals surface area (Å²) in [5, 5.41) is 12.2. The summed E-state index contributed by atoms with van der Waals surface area (Å²) >= 11 is 7.15. The molecule has 0 aromatic carbocycles. The number of nitrogens with zero attached hydrogens (tertiary/aromatic N) is 2. The van der Waals surface area contributed by atoms with Crippen molar-refractivity contribution >= 4 is 35.2 Å². The summed E-state index contributed by atoms with van der Waals surface area (Å²) in [7, 11) is 0. The average Bonchev–Trinajstić information content (AvgIpc) is 2.33. The van der Waals surface area contributed by atoms with E-state index in [1.165, 1.54) is 18.0 Å². The first-order valence-corrected chi connectivity index (χ1v) is 7.21. The van der Waals surface area contributed by atoms with Crippen molar-refractivity contribution in [2.45, 2.75) is 30.0 Å². The van der Waals surface area contributed by atoms with E-state index in [1.807, 2.05) is 0 Å². The summed E-state index contributed by atoms with van der Waals surface area (Å²) in [6.45, 7) is 0. The van der Waals surface area contributed by atoms with Gasteiger partial charge in [-0.15, -0.1) is 0 Å². The van der Waals surface area contributed by atoms with Gasteiger partial charge < -0.3 is 10.4 Å². The zero-order valence-corrected chi connectivity index (χ0v) is 11.7. The number of carbonyl (C=O) groups excluding carboxylic acids is 1. The van der Waals surface area contributed by atoms with Crippen LogP contribution in [0, 0.1) is 0 Å². The Morgan fingerprint density at radius 1 is 1.53 bits per heavy atom. The summed E-state index contributed by atoms with van der Waals surface area (Å²) in [6, 6.07) is 0. The number of aliphatic carboxylic acids is 1. The third kappa shape index (κ3) is 2.66. The van der Waals surface area contributed by atoms with Crippen LogP contribution >= 0.6 is 23.4 Å². The van der Waals surface area contributed by atoms with Gasteiger partial charge in [0.05, 0.1) is 11.2 Å². The Bertz CT molecular complexity index is 534. The highest BCUT2D eigenvalue weighted by molar-refractivity contribution is 7.98. The minimum Gasteiger partial charge on any atom is -0.480 e. The molecule has 6 nitrogen and oxygen atoms in total. The fourth-order valence-corrected chi connectivity index (χ4v) is 2.33. The fraction of sp³-hybridized carbons (Fsp3) is 0.455. The molecule has 1 amide bonds. The van der Waals surface area contributed by atoms with Crippen molar-refractivity contribution < 1.29 is 14.7 Å². The number of carboxylic acids is 1. The van der Waals surface area contributed by atoms with Gasteiger partial charge in [-0.05, 0) is 25.5 Å². The average molecular weight is 302 g/mol. The van der Waals surface area contributed by atoms with Crippen LogP contribution in [0.2, 0.25) is 5.02 Å². The van der Waals surface area contributed by atoms with Gasteiger partial charge in [0.15, 0.2) is 10.9 Å². The highest BCUT2D eigenvalue weighted by atomic mass is 35.5. The lowest BCUT2D eigenvalue weighted by Gasteiger charge is -2.38. The Kier molecular flexibility index (Phi) is 3.96. The lowest BCUT2D eigenvalue weighted by molar-refractivity contribution is -0.148. The van der Waals surface area contributed by atoms with Crippen LogP contribution in [0.4, 0.5) is 0 Å². The molecule has 1 heterocycles. The van der Waals surface area contributed by atoms with Crippen LogP contribution in [0.5, 0.6) is 0 Å². The number of nitrogens with one attached hydrogen (secondary N) is 1. The normalized spacial score (nSPS) is 16.5. The fourth-order valence-electron chi connectivity index (χ4n) is 1.81. The van der Waals surface area contributed by atoms with Gasteiger partial charge >= 0.3 is 5.97 Å². The van der Waals surface area contributed by atoms with Gasteiger partial charge in [0.25, 0.3) is 5.91 Å². The Morgan fingerprint density at radius 3 is 2.68 bits per heavy atom. The van der Waals surface area contributed by atoms with E-state index in [0.29, 0.717) is 18.0 Å². The van der Waals surface area contributed by atoms with Crippen LogP contribution in [-0.2, 0) is 4.79 Å². The second kappa shape index (κ2) is 5.34. The van der Waals surface area contributed by atoms with Gasteiger partial charge in [-0.3, -0.25) is 4.79 Å². The molecular formula is C11H12ClN3O3S. The third-order valence-electron chi connectivity index (χ3n) is 3.09. The molecule has 0 unspecified atom stereocenters. The Labute approximate surface area is 119 Å². The van der Waals surface area contributed by atoms with Crippen LogP contribution in [0.15, 0.2) is 11.4 Å². The van der Waals surface area contributed by atoms with E-state index in [2.05, 4.69) is 15.3 Å². The summed E-state index contributed by atoms with van der Waals surface area (Å²) in [5.74, 6) is -1.60. The molecule has 0 aliphatic heterocycles. The number of carbonyl (C=O) groups is 2. The maximum Gasteiger partial charge on any atom is 0.329 e. The monoisotopic (exact) mass is 301 g/mol. The number of thioether (sulfide) groups is 1. The zero-order valence-electron chi connectivity index (χ0n) is 10.1. The number of rotatable bonds is 4. The van der Waals surface area contributed by atoms with Crippen LogP contribution in [0.25, 0.3) is 0 Å². The molecule has 2 N–H and O–H groups in total. The largest absolute Gasteiger partial charge is 0.480 e. The number of carboxylic acid groups (broad SMARTS) is 1. The number of halogens is 1. The summed E-state index contributed by atoms with van der Waals surface area (Å²) < 4.78 is 0. The lowest BCUT2D eigenvalue weighted by Crippen LogP contribution is -2.59. The van der Waals surface area contributed by atoms with Gasteiger partial charge in [0.2, 0.25) is 0 Å². The van der Waals surface area contributed by atoms with Gasteiger partial charge in [-0.2, -0.15) is 0 Å². The minimum absolute atomic E-state index is 0.00791. The molecule has 102 valence electrons. The molecule has 0 spiro atoms. The van der Waals surface area contributed by atoms with E-state index >= 15 is 0 Å². The molecule has 1 aromatic rings. The molecular weight excluding hydrogens is 290 g/mol. The van der Waals surface area contributed by atoms with Crippen LogP contribution in [0.1, 0.15) is 29.8 Å². The van der Waals surface area contributed by atoms with Gasteiger partial charge in [-0.1, -0.05) is 23.4 Å². The Balaban J connectivity index is 2.22. The van der Waals surface area contributed by atoms with Gasteiger partial charge in [-0.25, -0.2) is 14.8 Å². The van der Waals surface area contributed by atoms with E-state index in [9.17, 15) is 9.59 Å². The summed E-state index contributed by atoms with van der Waals surface area (Å²) in [6.07, 6.45) is 4.73. The molecule has 1 saturated carbocycles. The van der Waals surface area contributed by atoms with Crippen molar-refractivity contribution in [1.29, 1.82) is 0 Å². The second-order valence-corrected chi connectivity index (χ2v) is 5.43. The number of amides is 1. The molecule has 19 heavy (non-hydrogen) atoms. The lowest BCUT2D eigenvalue weighted by atomic mass is 9.76.